The van der Waals surface area contributed by atoms with Crippen LogP contribution in [-0.4, -0.2) is 20.1 Å². The molecular formula is C17H16N4O2. The van der Waals surface area contributed by atoms with Crippen LogP contribution in [0.2, 0.25) is 0 Å². The second kappa shape index (κ2) is 6.83. The van der Waals surface area contributed by atoms with E-state index in [1.54, 1.807) is 25.5 Å². The normalized spacial score (nSPS) is 11.5. The number of hydrogen-bond donors (Lipinski definition) is 0. The average Bonchev–Trinajstić information content (AvgIpc) is 3.00. The maximum Gasteiger partial charge on any atom is 0.223 e. The molecule has 3 rings (SSSR count). The molecule has 0 saturated heterocycles. The molecule has 0 N–H and O–H groups in total. The molecule has 6 nitrogen and oxygen atoms in total. The molecule has 3 aromatic rings. The Hall–Kier alpha value is -3.02. The molecule has 23 heavy (non-hydrogen) atoms. The molecule has 0 aliphatic carbocycles. The fourth-order valence-electron chi connectivity index (χ4n) is 2.03. The van der Waals surface area contributed by atoms with Gasteiger partial charge in [-0.2, -0.15) is 4.98 Å². The third kappa shape index (κ3) is 4.00. The van der Waals surface area contributed by atoms with Crippen molar-refractivity contribution in [2.24, 2.45) is 0 Å². The lowest BCUT2D eigenvalue weighted by Gasteiger charge is -2.04. The zero-order chi connectivity index (χ0) is 16.1. The van der Waals surface area contributed by atoms with E-state index in [4.69, 9.17) is 9.26 Å². The standard InChI is InChI=1S/C17H16N4O2/c1-12(16-10-18-7-8-19-16)9-14-3-5-15(6-4-14)22-11-17-20-13(2)23-21-17/h3-10H,11H2,1-2H3/b12-9-. The lowest BCUT2D eigenvalue weighted by molar-refractivity contribution is 0.285. The lowest BCUT2D eigenvalue weighted by Crippen LogP contribution is -1.97. The molecule has 2 heterocycles. The van der Waals surface area contributed by atoms with Crippen LogP contribution in [-0.2, 0) is 6.61 Å². The van der Waals surface area contributed by atoms with Gasteiger partial charge in [0.2, 0.25) is 11.7 Å². The van der Waals surface area contributed by atoms with Gasteiger partial charge in [0.25, 0.3) is 0 Å². The number of hydrogen-bond acceptors (Lipinski definition) is 6. The quantitative estimate of drug-likeness (QED) is 0.720. The van der Waals surface area contributed by atoms with Crippen molar-refractivity contribution in [1.82, 2.24) is 20.1 Å². The predicted molar refractivity (Wildman–Crippen MR) is 85.4 cm³/mol. The van der Waals surface area contributed by atoms with Gasteiger partial charge >= 0.3 is 0 Å². The molecule has 0 atom stereocenters. The summed E-state index contributed by atoms with van der Waals surface area (Å²) in [5, 5.41) is 3.79. The Balaban J connectivity index is 1.65. The molecule has 0 spiro atoms. The summed E-state index contributed by atoms with van der Waals surface area (Å²) >= 11 is 0. The first-order valence-corrected chi connectivity index (χ1v) is 7.17. The molecule has 1 aromatic carbocycles. The molecule has 0 aliphatic rings. The van der Waals surface area contributed by atoms with Crippen molar-refractivity contribution in [3.05, 3.63) is 65.8 Å². The number of aryl methyl sites for hydroxylation is 1. The number of aromatic nitrogens is 4. The van der Waals surface area contributed by atoms with Gasteiger partial charge in [0, 0.05) is 19.3 Å². The van der Waals surface area contributed by atoms with Crippen molar-refractivity contribution in [3.8, 4) is 5.75 Å². The SMILES string of the molecule is C/C(=C/c1ccc(OCc2noc(C)n2)cc1)c1cnccn1. The summed E-state index contributed by atoms with van der Waals surface area (Å²) in [4.78, 5) is 12.4. The molecule has 6 heteroatoms. The maximum atomic E-state index is 5.62. The Bertz CT molecular complexity index is 795. The maximum absolute atomic E-state index is 5.62. The monoisotopic (exact) mass is 308 g/mol. The second-order valence-electron chi connectivity index (χ2n) is 5.01. The highest BCUT2D eigenvalue weighted by molar-refractivity contribution is 5.78. The van der Waals surface area contributed by atoms with Crippen molar-refractivity contribution >= 4 is 11.6 Å². The minimum atomic E-state index is 0.283. The fourth-order valence-corrected chi connectivity index (χ4v) is 2.03. The van der Waals surface area contributed by atoms with Crippen LogP contribution in [0.3, 0.4) is 0 Å². The Labute approximate surface area is 133 Å². The van der Waals surface area contributed by atoms with Crippen LogP contribution in [0.4, 0.5) is 0 Å². The van der Waals surface area contributed by atoms with Gasteiger partial charge in [0.1, 0.15) is 5.75 Å². The summed E-state index contributed by atoms with van der Waals surface area (Å²) in [6, 6.07) is 7.78. The van der Waals surface area contributed by atoms with E-state index in [2.05, 4.69) is 26.2 Å². The van der Waals surface area contributed by atoms with Gasteiger partial charge in [-0.3, -0.25) is 9.97 Å². The first-order valence-electron chi connectivity index (χ1n) is 7.17. The Morgan fingerprint density at radius 3 is 2.70 bits per heavy atom. The van der Waals surface area contributed by atoms with Gasteiger partial charge in [0.05, 0.1) is 11.9 Å². The lowest BCUT2D eigenvalue weighted by atomic mass is 10.1. The van der Waals surface area contributed by atoms with E-state index < -0.39 is 0 Å². The first kappa shape index (κ1) is 14.9. The Kier molecular flexibility index (Phi) is 4.42. The molecule has 0 amide bonds. The van der Waals surface area contributed by atoms with E-state index in [9.17, 15) is 0 Å². The van der Waals surface area contributed by atoms with Crippen LogP contribution in [0.25, 0.3) is 11.6 Å². The minimum Gasteiger partial charge on any atom is -0.485 e. The second-order valence-corrected chi connectivity index (χ2v) is 5.01. The molecule has 116 valence electrons. The van der Waals surface area contributed by atoms with Gasteiger partial charge in [0.15, 0.2) is 6.61 Å². The van der Waals surface area contributed by atoms with Crippen molar-refractivity contribution in [3.63, 3.8) is 0 Å². The van der Waals surface area contributed by atoms with Gasteiger partial charge in [-0.15, -0.1) is 0 Å². The molecule has 0 bridgehead atoms. The highest BCUT2D eigenvalue weighted by Crippen LogP contribution is 2.18. The summed E-state index contributed by atoms with van der Waals surface area (Å²) in [5.41, 5.74) is 2.98. The molecule has 0 fully saturated rings. The summed E-state index contributed by atoms with van der Waals surface area (Å²) < 4.78 is 10.5. The molecule has 0 unspecified atom stereocenters. The van der Waals surface area contributed by atoms with E-state index in [0.717, 1.165) is 22.6 Å². The van der Waals surface area contributed by atoms with Crippen molar-refractivity contribution in [2.75, 3.05) is 0 Å². The molecule has 0 saturated carbocycles. The van der Waals surface area contributed by atoms with E-state index in [-0.39, 0.29) is 6.61 Å². The molecular weight excluding hydrogens is 292 g/mol. The van der Waals surface area contributed by atoms with Crippen LogP contribution in [0.5, 0.6) is 5.75 Å². The topological polar surface area (TPSA) is 73.9 Å². The van der Waals surface area contributed by atoms with Gasteiger partial charge < -0.3 is 9.26 Å². The number of nitrogens with zero attached hydrogens (tertiary/aromatic N) is 4. The van der Waals surface area contributed by atoms with E-state index in [0.29, 0.717) is 11.7 Å². The fraction of sp³-hybridized carbons (Fsp3) is 0.176. The van der Waals surface area contributed by atoms with E-state index >= 15 is 0 Å². The highest BCUT2D eigenvalue weighted by atomic mass is 16.5. The molecule has 2 aromatic heterocycles. The van der Waals surface area contributed by atoms with Crippen molar-refractivity contribution in [1.29, 1.82) is 0 Å². The smallest absolute Gasteiger partial charge is 0.223 e. The van der Waals surface area contributed by atoms with Gasteiger partial charge in [-0.05, 0) is 36.3 Å². The van der Waals surface area contributed by atoms with Crippen LogP contribution >= 0.6 is 0 Å². The Morgan fingerprint density at radius 2 is 2.04 bits per heavy atom. The van der Waals surface area contributed by atoms with Crippen molar-refractivity contribution in [2.45, 2.75) is 20.5 Å². The molecule has 0 aliphatic heterocycles. The predicted octanol–water partition coefficient (Wildman–Crippen LogP) is 3.31. The number of allylic oxidation sites excluding steroid dienone is 1. The largest absolute Gasteiger partial charge is 0.485 e. The zero-order valence-corrected chi connectivity index (χ0v) is 12.9. The first-order chi connectivity index (χ1) is 11.2. The van der Waals surface area contributed by atoms with Crippen LogP contribution in [0.15, 0.2) is 47.4 Å². The van der Waals surface area contributed by atoms with E-state index in [1.807, 2.05) is 31.2 Å². The average molecular weight is 308 g/mol. The summed E-state index contributed by atoms with van der Waals surface area (Å²) in [7, 11) is 0. The zero-order valence-electron chi connectivity index (χ0n) is 12.9. The Morgan fingerprint density at radius 1 is 1.22 bits per heavy atom. The third-order valence-electron chi connectivity index (χ3n) is 3.17. The van der Waals surface area contributed by atoms with E-state index in [1.165, 1.54) is 0 Å². The van der Waals surface area contributed by atoms with Crippen LogP contribution < -0.4 is 4.74 Å². The highest BCUT2D eigenvalue weighted by Gasteiger charge is 2.03. The number of ether oxygens (including phenoxy) is 1. The summed E-state index contributed by atoms with van der Waals surface area (Å²) in [5.74, 6) is 1.82. The van der Waals surface area contributed by atoms with Gasteiger partial charge in [-0.25, -0.2) is 0 Å². The summed E-state index contributed by atoms with van der Waals surface area (Å²) in [6.07, 6.45) is 7.14. The number of rotatable bonds is 5. The van der Waals surface area contributed by atoms with Crippen LogP contribution in [0.1, 0.15) is 29.9 Å². The van der Waals surface area contributed by atoms with Crippen LogP contribution in [0, 0.1) is 6.92 Å². The van der Waals surface area contributed by atoms with Crippen molar-refractivity contribution < 1.29 is 9.26 Å². The van der Waals surface area contributed by atoms with Gasteiger partial charge in [-0.1, -0.05) is 17.3 Å². The number of benzene rings is 1. The minimum absolute atomic E-state index is 0.283. The summed E-state index contributed by atoms with van der Waals surface area (Å²) in [6.45, 7) is 4.04. The third-order valence-corrected chi connectivity index (χ3v) is 3.17. The molecule has 0 radical (unpaired) electrons.